The summed E-state index contributed by atoms with van der Waals surface area (Å²) < 4.78 is 33.3. The van der Waals surface area contributed by atoms with Crippen molar-refractivity contribution in [1.82, 2.24) is 14.5 Å². The molecule has 4 rings (SSSR count). The van der Waals surface area contributed by atoms with Crippen molar-refractivity contribution in [2.75, 3.05) is 27.8 Å². The summed E-state index contributed by atoms with van der Waals surface area (Å²) in [5, 5.41) is 23.6. The molecule has 1 aromatic heterocycles. The maximum absolute atomic E-state index is 14.4. The van der Waals surface area contributed by atoms with Crippen LogP contribution in [0, 0.1) is 23.7 Å². The van der Waals surface area contributed by atoms with Crippen molar-refractivity contribution in [3.05, 3.63) is 42.9 Å². The van der Waals surface area contributed by atoms with Crippen molar-refractivity contribution in [2.24, 2.45) is 23.7 Å². The van der Waals surface area contributed by atoms with Gasteiger partial charge in [0.1, 0.15) is 29.5 Å². The maximum Gasteiger partial charge on any atom is 0.316 e. The van der Waals surface area contributed by atoms with E-state index >= 15 is 0 Å². The first-order chi connectivity index (χ1) is 26.9. The number of Topliss-reactive ketones (excluding diaryl/α,β-unsaturated/α-hetero) is 2. The van der Waals surface area contributed by atoms with E-state index < -0.39 is 77.3 Å². The van der Waals surface area contributed by atoms with Crippen molar-refractivity contribution >= 4 is 17.5 Å². The van der Waals surface area contributed by atoms with Crippen LogP contribution >= 0.6 is 0 Å². The second kappa shape index (κ2) is 20.3. The molecular weight excluding hydrogens is 730 g/mol. The number of hydrogen-bond donors (Lipinski definition) is 2. The number of carbonyl (C=O) groups excluding carboxylic acids is 3. The van der Waals surface area contributed by atoms with E-state index in [1.807, 2.05) is 68.8 Å². The second-order valence-corrected chi connectivity index (χ2v) is 17.1. The summed E-state index contributed by atoms with van der Waals surface area (Å²) in [6.07, 6.45) is 1.64. The Kier molecular flexibility index (Phi) is 16.6. The first-order valence-corrected chi connectivity index (χ1v) is 20.8. The predicted octanol–water partition coefficient (Wildman–Crippen LogP) is 5.48. The molecular formula is C44H69N3O10. The molecule has 2 aliphatic heterocycles. The molecule has 13 heteroatoms. The molecule has 2 aliphatic rings. The lowest BCUT2D eigenvalue weighted by molar-refractivity contribution is -0.295. The van der Waals surface area contributed by atoms with Gasteiger partial charge in [0, 0.05) is 55.8 Å². The third-order valence-corrected chi connectivity index (χ3v) is 12.3. The number of ketones is 2. The van der Waals surface area contributed by atoms with Gasteiger partial charge in [0.2, 0.25) is 0 Å². The first kappa shape index (κ1) is 46.6. The van der Waals surface area contributed by atoms with Gasteiger partial charge in [0.05, 0.1) is 35.9 Å². The van der Waals surface area contributed by atoms with Crippen molar-refractivity contribution < 1.29 is 48.3 Å². The number of esters is 1. The van der Waals surface area contributed by atoms with Crippen molar-refractivity contribution in [2.45, 2.75) is 155 Å². The molecule has 0 amide bonds. The average molecular weight is 800 g/mol. The zero-order valence-electron chi connectivity index (χ0n) is 36.1. The third-order valence-electron chi connectivity index (χ3n) is 12.3. The van der Waals surface area contributed by atoms with E-state index in [1.54, 1.807) is 41.5 Å². The van der Waals surface area contributed by atoms with Gasteiger partial charge in [-0.05, 0) is 80.3 Å². The van der Waals surface area contributed by atoms with Crippen LogP contribution in [0.5, 0.6) is 0 Å². The summed E-state index contributed by atoms with van der Waals surface area (Å²) >= 11 is 0. The Bertz CT molecular complexity index is 1600. The van der Waals surface area contributed by atoms with Crippen LogP contribution in [0.1, 0.15) is 93.9 Å². The SMILES string of the molecule is CC[C@@H]1OC(=O)[C@H](C)C(=O)[C@H](C)[C@@H](O[C@@H]2O[C@H](C)C[C@H](N(C)C)[C@H]2O)[C@@](C)(OC)C[C@@H](C)C(=O)[C@@H](C)C(OCCCCCn2cnc(-c3ccccc3)c2)[C@]1(C)O. The smallest absolute Gasteiger partial charge is 0.316 e. The number of aryl methyl sites for hydroxylation is 1. The van der Waals surface area contributed by atoms with Crippen LogP contribution in [0.15, 0.2) is 42.9 Å². The van der Waals surface area contributed by atoms with Gasteiger partial charge in [0.15, 0.2) is 12.1 Å². The Hall–Kier alpha value is -3.04. The zero-order chi connectivity index (χ0) is 42.2. The first-order valence-electron chi connectivity index (χ1n) is 20.8. The van der Waals surface area contributed by atoms with Crippen LogP contribution in [-0.2, 0) is 44.6 Å². The average Bonchev–Trinajstić information content (AvgIpc) is 3.66. The Labute approximate surface area is 339 Å². The molecule has 1 aromatic carbocycles. The number of rotatable bonds is 13. The van der Waals surface area contributed by atoms with E-state index in [-0.39, 0.29) is 37.4 Å². The number of cyclic esters (lactones) is 1. The number of ether oxygens (including phenoxy) is 5. The molecule has 2 fully saturated rings. The van der Waals surface area contributed by atoms with E-state index in [9.17, 15) is 24.6 Å². The topological polar surface area (TPSA) is 159 Å². The number of likely N-dealkylation sites (N-methyl/N-ethyl adjacent to an activating group) is 1. The Morgan fingerprint density at radius 3 is 2.26 bits per heavy atom. The minimum Gasteiger partial charge on any atom is -0.459 e. The van der Waals surface area contributed by atoms with Gasteiger partial charge < -0.3 is 43.4 Å². The van der Waals surface area contributed by atoms with Crippen LogP contribution in [0.2, 0.25) is 0 Å². The van der Waals surface area contributed by atoms with Gasteiger partial charge in [-0.3, -0.25) is 14.4 Å². The number of unbranched alkanes of at least 4 members (excludes halogenated alkanes) is 2. The summed E-state index contributed by atoms with van der Waals surface area (Å²) in [6.45, 7) is 14.7. The van der Waals surface area contributed by atoms with Gasteiger partial charge >= 0.3 is 5.97 Å². The van der Waals surface area contributed by atoms with Gasteiger partial charge in [0.25, 0.3) is 0 Å². The number of methoxy groups -OCH3 is 1. The van der Waals surface area contributed by atoms with E-state index in [1.165, 1.54) is 14.0 Å². The molecule has 3 heterocycles. The van der Waals surface area contributed by atoms with Gasteiger partial charge in [-0.15, -0.1) is 0 Å². The van der Waals surface area contributed by atoms with E-state index in [4.69, 9.17) is 23.7 Å². The highest BCUT2D eigenvalue weighted by Crippen LogP contribution is 2.39. The Morgan fingerprint density at radius 1 is 0.965 bits per heavy atom. The van der Waals surface area contributed by atoms with E-state index in [0.717, 1.165) is 30.6 Å². The van der Waals surface area contributed by atoms with Crippen LogP contribution in [0.25, 0.3) is 11.3 Å². The van der Waals surface area contributed by atoms with Crippen molar-refractivity contribution in [3.8, 4) is 11.3 Å². The predicted molar refractivity (Wildman–Crippen MR) is 216 cm³/mol. The van der Waals surface area contributed by atoms with Crippen LogP contribution in [-0.4, -0.2) is 124 Å². The number of carbonyl (C=O) groups is 3. The number of aliphatic hydroxyl groups excluding tert-OH is 1. The normalized spacial score (nSPS) is 36.2. The lowest BCUT2D eigenvalue weighted by Crippen LogP contribution is -2.60. The summed E-state index contributed by atoms with van der Waals surface area (Å²) in [7, 11) is 5.25. The van der Waals surface area contributed by atoms with E-state index in [0.29, 0.717) is 12.8 Å². The fourth-order valence-corrected chi connectivity index (χ4v) is 8.76. The fourth-order valence-electron chi connectivity index (χ4n) is 8.76. The van der Waals surface area contributed by atoms with E-state index in [2.05, 4.69) is 9.55 Å². The molecule has 57 heavy (non-hydrogen) atoms. The summed E-state index contributed by atoms with van der Waals surface area (Å²) in [6, 6.07) is 9.75. The summed E-state index contributed by atoms with van der Waals surface area (Å²) in [5.41, 5.74) is -1.05. The number of aromatic nitrogens is 2. The van der Waals surface area contributed by atoms with Gasteiger partial charge in [-0.25, -0.2) is 4.98 Å². The quantitative estimate of drug-likeness (QED) is 0.150. The minimum absolute atomic E-state index is 0.134. The van der Waals surface area contributed by atoms with Crippen molar-refractivity contribution in [1.29, 1.82) is 0 Å². The Balaban J connectivity index is 1.56. The summed E-state index contributed by atoms with van der Waals surface area (Å²) in [5.74, 6) is -5.06. The van der Waals surface area contributed by atoms with Gasteiger partial charge in [-0.2, -0.15) is 0 Å². The highest BCUT2D eigenvalue weighted by molar-refractivity contribution is 6.00. The maximum atomic E-state index is 14.4. The molecule has 2 aromatic rings. The monoisotopic (exact) mass is 799 g/mol. The molecule has 2 N–H and O–H groups in total. The van der Waals surface area contributed by atoms with Crippen LogP contribution in [0.4, 0.5) is 0 Å². The number of nitrogens with zero attached hydrogens (tertiary/aromatic N) is 3. The largest absolute Gasteiger partial charge is 0.459 e. The Morgan fingerprint density at radius 2 is 1.63 bits per heavy atom. The molecule has 0 saturated carbocycles. The number of aliphatic hydroxyl groups is 2. The van der Waals surface area contributed by atoms with Gasteiger partial charge in [-0.1, -0.05) is 58.0 Å². The highest BCUT2D eigenvalue weighted by Gasteiger charge is 2.52. The summed E-state index contributed by atoms with van der Waals surface area (Å²) in [4.78, 5) is 48.9. The van der Waals surface area contributed by atoms with Crippen LogP contribution < -0.4 is 0 Å². The molecule has 320 valence electrons. The molecule has 2 saturated heterocycles. The van der Waals surface area contributed by atoms with Crippen LogP contribution in [0.3, 0.4) is 0 Å². The lowest BCUT2D eigenvalue weighted by Gasteiger charge is -2.47. The standard InChI is InChI=1S/C44H69N3O10/c1-12-35-44(8,52)40(54-22-18-14-17-21-47-25-33(45-26-47)32-19-15-13-16-20-32)29(4)36(48)27(2)24-43(7,53-11)39(30(5)37(49)31(6)41(51)56-35)57-42-38(50)34(46(9)10)23-28(3)55-42/h13,15-16,19-20,25-31,34-35,38-40,42,50,52H,12,14,17-18,21-24H2,1-11H3/t27-,28-,29-,30+,31-,34+,35+,38-,39-,40?,42+,43+,44-/m1/s1. The molecule has 1 unspecified atom stereocenters. The molecule has 13 atom stereocenters. The highest BCUT2D eigenvalue weighted by atomic mass is 16.7. The van der Waals surface area contributed by atoms with Crippen molar-refractivity contribution in [3.63, 3.8) is 0 Å². The number of imidazole rings is 1. The molecule has 0 spiro atoms. The zero-order valence-corrected chi connectivity index (χ0v) is 36.1. The molecule has 13 nitrogen and oxygen atoms in total. The third kappa shape index (κ3) is 11.2. The molecule has 0 radical (unpaired) electrons. The minimum atomic E-state index is -1.77. The lowest BCUT2D eigenvalue weighted by atomic mass is 9.74. The molecule has 0 bridgehead atoms. The number of benzene rings is 1. The number of hydrogen-bond acceptors (Lipinski definition) is 12. The molecule has 0 aliphatic carbocycles. The fraction of sp³-hybridized carbons (Fsp3) is 0.727. The second-order valence-electron chi connectivity index (χ2n) is 17.1.